The van der Waals surface area contributed by atoms with Gasteiger partial charge in [0, 0.05) is 0 Å². The topological polar surface area (TPSA) is 40.4 Å². The third kappa shape index (κ3) is 11.1. The van der Waals surface area contributed by atoms with Crippen LogP contribution in [0.15, 0.2) is 60.1 Å². The van der Waals surface area contributed by atoms with Crippen molar-refractivity contribution in [1.29, 1.82) is 0 Å². The number of allylic oxidation sites excluding steroid dienone is 8. The van der Waals surface area contributed by atoms with Crippen LogP contribution < -0.4 is 9.78 Å². The Bertz CT molecular complexity index is 1420. The second kappa shape index (κ2) is 14.1. The number of carbonyl (C=O) groups excluding carboxylic acids is 1. The van der Waals surface area contributed by atoms with Crippen LogP contribution >= 0.6 is 0 Å². The monoisotopic (exact) mass is 762 g/mol. The molecule has 1 N–H and O–H groups in total. The molecule has 0 spiro atoms. The van der Waals surface area contributed by atoms with E-state index in [9.17, 15) is 22.1 Å². The van der Waals surface area contributed by atoms with E-state index >= 15 is 0 Å². The van der Waals surface area contributed by atoms with E-state index in [0.29, 0.717) is 15.0 Å². The minimum absolute atomic E-state index is 0.0911. The molecular formula is C35H49BF4NO2Se2. The van der Waals surface area contributed by atoms with Crippen LogP contribution in [-0.4, -0.2) is 50.6 Å². The van der Waals surface area contributed by atoms with Crippen LogP contribution in [0.1, 0.15) is 114 Å². The fraction of sp³-hybridized carbons (Fsp3) is 0.543. The second-order valence-electron chi connectivity index (χ2n) is 15.6. The first kappa shape index (κ1) is 39.3. The average Bonchev–Trinajstić information content (AvgIpc) is 2.84. The van der Waals surface area contributed by atoms with E-state index < -0.39 is 7.25 Å². The summed E-state index contributed by atoms with van der Waals surface area (Å²) >= 11 is 3.56. The minimum atomic E-state index is -6.00. The zero-order valence-corrected chi connectivity index (χ0v) is 32.4. The van der Waals surface area contributed by atoms with Gasteiger partial charge in [0.15, 0.2) is 0 Å². The van der Waals surface area contributed by atoms with Crippen molar-refractivity contribution in [3.8, 4) is 0 Å². The normalized spacial score (nSPS) is 17.4. The van der Waals surface area contributed by atoms with Gasteiger partial charge in [-0.05, 0) is 0 Å². The number of hydrogen-bond acceptors (Lipinski definition) is 2. The summed E-state index contributed by atoms with van der Waals surface area (Å²) in [6, 6.07) is 2.09. The molecule has 3 nitrogen and oxygen atoms in total. The summed E-state index contributed by atoms with van der Waals surface area (Å²) in [7, 11) is -6.00. The first-order valence-electron chi connectivity index (χ1n) is 15.3. The Morgan fingerprint density at radius 3 is 1.73 bits per heavy atom. The summed E-state index contributed by atoms with van der Waals surface area (Å²) in [6.07, 6.45) is 9.77. The molecule has 0 amide bonds. The zero-order chi connectivity index (χ0) is 34.9. The maximum absolute atomic E-state index is 13.8. The first-order chi connectivity index (χ1) is 20.1. The molecule has 0 unspecified atom stereocenters. The molecule has 0 aromatic carbocycles. The third-order valence-corrected chi connectivity index (χ3v) is 11.7. The number of halogens is 4. The molecule has 1 aromatic rings. The average molecular weight is 761 g/mol. The van der Waals surface area contributed by atoms with Crippen molar-refractivity contribution in [3.05, 3.63) is 72.7 Å². The fourth-order valence-electron chi connectivity index (χ4n) is 4.33. The number of carbonyl (C=O) groups is 1. The predicted molar refractivity (Wildman–Crippen MR) is 183 cm³/mol. The molecule has 45 heavy (non-hydrogen) atoms. The van der Waals surface area contributed by atoms with E-state index in [-0.39, 0.29) is 27.4 Å². The molecule has 1 aliphatic carbocycles. The van der Waals surface area contributed by atoms with Crippen LogP contribution in [0.25, 0.3) is 6.08 Å². The molecule has 2 heterocycles. The molecule has 3 rings (SSSR count). The van der Waals surface area contributed by atoms with E-state index in [1.165, 1.54) is 8.94 Å². The Balaban J connectivity index is 0.00000130. The van der Waals surface area contributed by atoms with Gasteiger partial charge in [0.25, 0.3) is 0 Å². The Hall–Kier alpha value is -1.86. The Morgan fingerprint density at radius 1 is 0.844 bits per heavy atom. The van der Waals surface area contributed by atoms with Crippen LogP contribution in [0.2, 0.25) is 0 Å². The zero-order valence-electron chi connectivity index (χ0n) is 29.0. The minimum Gasteiger partial charge on any atom is -0.418 e. The predicted octanol–water partition coefficient (Wildman–Crippen LogP) is 8.97. The van der Waals surface area contributed by atoms with Crippen molar-refractivity contribution in [2.45, 2.75) is 107 Å². The van der Waals surface area contributed by atoms with Crippen LogP contribution in [0.4, 0.5) is 17.3 Å². The van der Waals surface area contributed by atoms with Gasteiger partial charge in [-0.3, -0.25) is 0 Å². The number of ketones is 1. The van der Waals surface area contributed by atoms with Crippen molar-refractivity contribution >= 4 is 54.5 Å². The summed E-state index contributed by atoms with van der Waals surface area (Å²) in [5.74, 6) is 1.92. The number of nitrogens with one attached hydrogen (secondary N) is 1. The molecule has 0 bridgehead atoms. The van der Waals surface area contributed by atoms with Crippen molar-refractivity contribution in [1.82, 2.24) is 5.32 Å². The van der Waals surface area contributed by atoms with E-state index in [2.05, 4.69) is 136 Å². The van der Waals surface area contributed by atoms with Crippen LogP contribution in [-0.2, 0) is 15.6 Å². The Morgan fingerprint density at radius 2 is 1.33 bits per heavy atom. The smallest absolute Gasteiger partial charge is 0.418 e. The standard InChI is InChI=1S/C35H48NO2Se2.BF4/c1-14-15-36-28-23(16-21-17-26(33(5,6)7)40-27(18-21)34(8,9)10)29(37)24(28)19-22-20-25(32(2,3)4)38-31(30(22)39)35(11,12)13;2-1(3,4)5/h16-20H,14-15H2,1-13H3;/q;-1/p+1. The molecular weight excluding hydrogens is 711 g/mol. The number of Topliss-reactive ketones (excluding diaryl/α,β-unsaturated/α-hetero) is 1. The van der Waals surface area contributed by atoms with Crippen LogP contribution in [0.5, 0.6) is 0 Å². The second-order valence-corrected chi connectivity index (χ2v) is 18.7. The largest absolute Gasteiger partial charge is 0.673 e. The summed E-state index contributed by atoms with van der Waals surface area (Å²) in [5, 5.41) is 3.58. The van der Waals surface area contributed by atoms with Crippen molar-refractivity contribution < 1.29 is 26.5 Å². The van der Waals surface area contributed by atoms with Crippen molar-refractivity contribution in [2.24, 2.45) is 10.8 Å². The molecule has 0 atom stereocenters. The van der Waals surface area contributed by atoms with Gasteiger partial charge in [0.05, 0.1) is 0 Å². The molecule has 2 aliphatic rings. The van der Waals surface area contributed by atoms with Gasteiger partial charge in [-0.1, -0.05) is 0 Å². The molecule has 1 aliphatic heterocycles. The van der Waals surface area contributed by atoms with E-state index in [1.54, 1.807) is 0 Å². The van der Waals surface area contributed by atoms with Gasteiger partial charge in [-0.2, -0.15) is 0 Å². The summed E-state index contributed by atoms with van der Waals surface area (Å²) in [6.45, 7) is 29.6. The fourth-order valence-corrected chi connectivity index (χ4v) is 7.91. The molecule has 1 aromatic heterocycles. The molecule has 0 saturated heterocycles. The Labute approximate surface area is 282 Å². The number of rotatable bonds is 5. The van der Waals surface area contributed by atoms with Crippen LogP contribution in [0.3, 0.4) is 0 Å². The van der Waals surface area contributed by atoms with Gasteiger partial charge < -0.3 is 17.3 Å². The molecule has 1 radical (unpaired) electrons. The van der Waals surface area contributed by atoms with Gasteiger partial charge in [0.2, 0.25) is 0 Å². The summed E-state index contributed by atoms with van der Waals surface area (Å²) in [4.78, 5) is 13.8. The molecule has 10 heteroatoms. The first-order valence-corrected chi connectivity index (χ1v) is 17.9. The quantitative estimate of drug-likeness (QED) is 0.141. The maximum atomic E-state index is 13.8. The van der Waals surface area contributed by atoms with E-state index in [4.69, 9.17) is 4.42 Å². The maximum Gasteiger partial charge on any atom is 0.673 e. The SMILES string of the molecule is CCCNC1=C(C=C2C=C(C(C)(C)C)[Se]C(C(C)(C)C)=C2)C(=O)C1=Cc1cc(C(C)(C)C)[o+]c(C(C)(C)C)c1[Se].F[B-](F)(F)F. The third-order valence-electron chi connectivity index (χ3n) is 6.87. The number of hydrogen-bond donors (Lipinski definition) is 1. The van der Waals surface area contributed by atoms with Gasteiger partial charge >= 0.3 is 266 Å². The van der Waals surface area contributed by atoms with Gasteiger partial charge in [0.1, 0.15) is 0 Å². The Kier molecular flexibility index (Phi) is 12.3. The summed E-state index contributed by atoms with van der Waals surface area (Å²) in [5.41, 5.74) is 4.43. The van der Waals surface area contributed by atoms with E-state index in [0.717, 1.165) is 56.9 Å². The van der Waals surface area contributed by atoms with Crippen molar-refractivity contribution in [2.75, 3.05) is 6.54 Å². The van der Waals surface area contributed by atoms with Gasteiger partial charge in [-0.25, -0.2) is 0 Å². The van der Waals surface area contributed by atoms with E-state index in [1.807, 2.05) is 6.08 Å². The summed E-state index contributed by atoms with van der Waals surface area (Å²) < 4.78 is 49.3. The van der Waals surface area contributed by atoms with Gasteiger partial charge in [-0.15, -0.1) is 0 Å². The molecule has 0 saturated carbocycles. The molecule has 0 fully saturated rings. The molecule has 249 valence electrons. The van der Waals surface area contributed by atoms with Crippen molar-refractivity contribution in [3.63, 3.8) is 0 Å². The van der Waals surface area contributed by atoms with Crippen LogP contribution in [0, 0.1) is 10.8 Å².